The number of anilines is 1. The molecular formula is C20H26N2O2. The molecule has 0 saturated carbocycles. The average molecular weight is 326 g/mol. The Kier molecular flexibility index (Phi) is 6.24. The molecule has 0 fully saturated rings. The van der Waals surface area contributed by atoms with Crippen LogP contribution >= 0.6 is 0 Å². The Morgan fingerprint density at radius 2 is 1.92 bits per heavy atom. The van der Waals surface area contributed by atoms with Gasteiger partial charge < -0.3 is 15.8 Å². The summed E-state index contributed by atoms with van der Waals surface area (Å²) in [5.41, 5.74) is 9.44. The number of hydrogen-bond acceptors (Lipinski definition) is 3. The van der Waals surface area contributed by atoms with E-state index in [2.05, 4.69) is 12.2 Å². The molecule has 128 valence electrons. The summed E-state index contributed by atoms with van der Waals surface area (Å²) in [7, 11) is 0. The van der Waals surface area contributed by atoms with E-state index in [4.69, 9.17) is 10.5 Å². The quantitative estimate of drug-likeness (QED) is 0.764. The molecule has 0 aliphatic rings. The van der Waals surface area contributed by atoms with Gasteiger partial charge in [0, 0.05) is 17.8 Å². The Morgan fingerprint density at radius 1 is 1.21 bits per heavy atom. The molecule has 4 nitrogen and oxygen atoms in total. The number of hydrogen-bond donors (Lipinski definition) is 2. The Balaban J connectivity index is 1.97. The molecule has 24 heavy (non-hydrogen) atoms. The van der Waals surface area contributed by atoms with E-state index in [-0.39, 0.29) is 12.0 Å². The summed E-state index contributed by atoms with van der Waals surface area (Å²) in [6.07, 6.45) is 1.43. The first kappa shape index (κ1) is 17.9. The van der Waals surface area contributed by atoms with E-state index in [9.17, 15) is 4.79 Å². The van der Waals surface area contributed by atoms with Crippen molar-refractivity contribution in [2.24, 2.45) is 0 Å². The highest BCUT2D eigenvalue weighted by atomic mass is 16.5. The molecule has 4 heteroatoms. The first-order valence-electron chi connectivity index (χ1n) is 8.35. The van der Waals surface area contributed by atoms with Crippen molar-refractivity contribution in [1.82, 2.24) is 5.32 Å². The fourth-order valence-corrected chi connectivity index (χ4v) is 2.29. The molecule has 3 N–H and O–H groups in total. The fraction of sp³-hybridized carbons (Fsp3) is 0.350. The van der Waals surface area contributed by atoms with Gasteiger partial charge in [0.15, 0.2) is 0 Å². The molecule has 0 bridgehead atoms. The maximum atomic E-state index is 12.1. The standard InChI is InChI=1S/C20H26N2O2/c1-4-15(3)24-19-11-14(2)5-8-17(19)13-22-20(23)12-16-6-9-18(21)10-7-16/h5-11,15H,4,12-13,21H2,1-3H3,(H,22,23). The third-order valence-corrected chi connectivity index (χ3v) is 3.95. The molecule has 0 aromatic heterocycles. The zero-order valence-electron chi connectivity index (χ0n) is 14.6. The molecule has 2 aromatic carbocycles. The summed E-state index contributed by atoms with van der Waals surface area (Å²) >= 11 is 0. The van der Waals surface area contributed by atoms with Crippen LogP contribution in [0, 0.1) is 6.92 Å². The number of nitrogen functional groups attached to an aromatic ring is 1. The second kappa shape index (κ2) is 8.39. The van der Waals surface area contributed by atoms with Gasteiger partial charge >= 0.3 is 0 Å². The van der Waals surface area contributed by atoms with Gasteiger partial charge in [0.05, 0.1) is 12.5 Å². The van der Waals surface area contributed by atoms with Crippen molar-refractivity contribution in [3.8, 4) is 5.75 Å². The highest BCUT2D eigenvalue weighted by Gasteiger charge is 2.10. The molecule has 1 unspecified atom stereocenters. The van der Waals surface area contributed by atoms with Gasteiger partial charge in [-0.3, -0.25) is 4.79 Å². The molecular weight excluding hydrogens is 300 g/mol. The van der Waals surface area contributed by atoms with Crippen LogP contribution in [0.3, 0.4) is 0 Å². The summed E-state index contributed by atoms with van der Waals surface area (Å²) in [5, 5.41) is 2.96. The van der Waals surface area contributed by atoms with Crippen LogP contribution in [-0.4, -0.2) is 12.0 Å². The summed E-state index contributed by atoms with van der Waals surface area (Å²) < 4.78 is 5.97. The Bertz CT molecular complexity index is 681. The summed E-state index contributed by atoms with van der Waals surface area (Å²) in [4.78, 5) is 12.1. The van der Waals surface area contributed by atoms with E-state index in [1.54, 1.807) is 12.1 Å². The zero-order valence-corrected chi connectivity index (χ0v) is 14.6. The molecule has 0 aliphatic carbocycles. The normalized spacial score (nSPS) is 11.8. The molecule has 2 rings (SSSR count). The maximum Gasteiger partial charge on any atom is 0.224 e. The summed E-state index contributed by atoms with van der Waals surface area (Å²) in [6, 6.07) is 13.4. The zero-order chi connectivity index (χ0) is 17.5. The van der Waals surface area contributed by atoms with Crippen LogP contribution in [0.4, 0.5) is 5.69 Å². The third kappa shape index (κ3) is 5.30. The number of nitrogens with one attached hydrogen (secondary N) is 1. The Hall–Kier alpha value is -2.49. The van der Waals surface area contributed by atoms with Crippen molar-refractivity contribution in [3.05, 3.63) is 59.2 Å². The van der Waals surface area contributed by atoms with Crippen molar-refractivity contribution in [1.29, 1.82) is 0 Å². The van der Waals surface area contributed by atoms with E-state index in [1.165, 1.54) is 0 Å². The minimum atomic E-state index is -0.0187. The second-order valence-electron chi connectivity index (χ2n) is 6.14. The topological polar surface area (TPSA) is 64.3 Å². The van der Waals surface area contributed by atoms with Crippen molar-refractivity contribution in [2.45, 2.75) is 46.3 Å². The van der Waals surface area contributed by atoms with Crippen LogP contribution < -0.4 is 15.8 Å². The number of rotatable bonds is 7. The predicted octanol–water partition coefficient (Wildman–Crippen LogP) is 3.61. The van der Waals surface area contributed by atoms with E-state index >= 15 is 0 Å². The van der Waals surface area contributed by atoms with Crippen LogP contribution in [0.1, 0.15) is 37.0 Å². The average Bonchev–Trinajstić information content (AvgIpc) is 2.56. The number of amides is 1. The monoisotopic (exact) mass is 326 g/mol. The number of benzene rings is 2. The first-order chi connectivity index (χ1) is 11.5. The van der Waals surface area contributed by atoms with Gasteiger partial charge in [-0.25, -0.2) is 0 Å². The van der Waals surface area contributed by atoms with Gasteiger partial charge in [0.2, 0.25) is 5.91 Å². The lowest BCUT2D eigenvalue weighted by Gasteiger charge is -2.17. The van der Waals surface area contributed by atoms with Crippen molar-refractivity contribution in [3.63, 3.8) is 0 Å². The number of carbonyl (C=O) groups is 1. The molecule has 2 aromatic rings. The summed E-state index contributed by atoms with van der Waals surface area (Å²) in [5.74, 6) is 0.826. The molecule has 0 radical (unpaired) electrons. The lowest BCUT2D eigenvalue weighted by atomic mass is 10.1. The van der Waals surface area contributed by atoms with Crippen LogP contribution in [0.5, 0.6) is 5.75 Å². The minimum Gasteiger partial charge on any atom is -0.490 e. The Morgan fingerprint density at radius 3 is 2.58 bits per heavy atom. The SMILES string of the molecule is CCC(C)Oc1cc(C)ccc1CNC(=O)Cc1ccc(N)cc1. The van der Waals surface area contributed by atoms with Gasteiger partial charge in [-0.15, -0.1) is 0 Å². The fourth-order valence-electron chi connectivity index (χ4n) is 2.29. The van der Waals surface area contributed by atoms with Gasteiger partial charge in [-0.05, 0) is 49.6 Å². The van der Waals surface area contributed by atoms with Gasteiger partial charge in [-0.1, -0.05) is 31.2 Å². The molecule has 0 saturated heterocycles. The van der Waals surface area contributed by atoms with Crippen LogP contribution in [0.15, 0.2) is 42.5 Å². The second-order valence-corrected chi connectivity index (χ2v) is 6.14. The molecule has 0 heterocycles. The molecule has 0 spiro atoms. The number of aryl methyl sites for hydroxylation is 1. The van der Waals surface area contributed by atoms with Crippen molar-refractivity contribution in [2.75, 3.05) is 5.73 Å². The van der Waals surface area contributed by atoms with Crippen LogP contribution in [0.25, 0.3) is 0 Å². The molecule has 0 aliphatic heterocycles. The largest absolute Gasteiger partial charge is 0.490 e. The lowest BCUT2D eigenvalue weighted by molar-refractivity contribution is -0.120. The summed E-state index contributed by atoms with van der Waals surface area (Å²) in [6.45, 7) is 6.63. The van der Waals surface area contributed by atoms with Gasteiger partial charge in [0.25, 0.3) is 0 Å². The van der Waals surface area contributed by atoms with E-state index in [0.717, 1.165) is 28.9 Å². The number of nitrogens with two attached hydrogens (primary N) is 1. The van der Waals surface area contributed by atoms with Crippen molar-refractivity contribution >= 4 is 11.6 Å². The molecule has 1 atom stereocenters. The Labute approximate surface area is 144 Å². The van der Waals surface area contributed by atoms with Crippen LogP contribution in [0.2, 0.25) is 0 Å². The van der Waals surface area contributed by atoms with E-state index in [0.29, 0.717) is 18.7 Å². The minimum absolute atomic E-state index is 0.0187. The van der Waals surface area contributed by atoms with Crippen LogP contribution in [-0.2, 0) is 17.8 Å². The van der Waals surface area contributed by atoms with Crippen molar-refractivity contribution < 1.29 is 9.53 Å². The highest BCUT2D eigenvalue weighted by molar-refractivity contribution is 5.78. The number of ether oxygens (including phenoxy) is 1. The van der Waals surface area contributed by atoms with E-state index < -0.39 is 0 Å². The van der Waals surface area contributed by atoms with Gasteiger partial charge in [0.1, 0.15) is 5.75 Å². The van der Waals surface area contributed by atoms with E-state index in [1.807, 2.05) is 44.2 Å². The first-order valence-corrected chi connectivity index (χ1v) is 8.35. The predicted molar refractivity (Wildman–Crippen MR) is 98.0 cm³/mol. The lowest BCUT2D eigenvalue weighted by Crippen LogP contribution is -2.25. The number of carbonyl (C=O) groups excluding carboxylic acids is 1. The van der Waals surface area contributed by atoms with Gasteiger partial charge in [-0.2, -0.15) is 0 Å². The third-order valence-electron chi connectivity index (χ3n) is 3.95. The highest BCUT2D eigenvalue weighted by Crippen LogP contribution is 2.22. The smallest absolute Gasteiger partial charge is 0.224 e. The molecule has 1 amide bonds. The maximum absolute atomic E-state index is 12.1.